The van der Waals surface area contributed by atoms with E-state index >= 15 is 0 Å². The Balaban J connectivity index is 2.41. The molecule has 1 aromatic heterocycles. The molecule has 78 valence electrons. The fraction of sp³-hybridized carbons (Fsp3) is 0.444. The molecule has 0 aliphatic rings. The molecule has 0 aliphatic carbocycles. The second-order valence-corrected chi connectivity index (χ2v) is 3.31. The minimum Gasteiger partial charge on any atom is -0.481 e. The van der Waals surface area contributed by atoms with Crippen LogP contribution < -0.4 is 10.6 Å². The highest BCUT2D eigenvalue weighted by Gasteiger charge is 2.11. The minimum absolute atomic E-state index is 0.00520. The number of anilines is 1. The van der Waals surface area contributed by atoms with Crippen molar-refractivity contribution in [2.45, 2.75) is 12.5 Å². The van der Waals surface area contributed by atoms with Gasteiger partial charge in [-0.15, -0.1) is 0 Å². The summed E-state index contributed by atoms with van der Waals surface area (Å²) < 4.78 is 0. The number of rotatable bonds is 5. The Morgan fingerprint density at radius 1 is 1.79 bits per heavy atom. The number of hydrogen-bond acceptors (Lipinski definition) is 3. The van der Waals surface area contributed by atoms with E-state index in [0.29, 0.717) is 6.54 Å². The van der Waals surface area contributed by atoms with E-state index in [4.69, 9.17) is 10.8 Å². The average molecular weight is 197 g/mol. The van der Waals surface area contributed by atoms with Crippen molar-refractivity contribution in [1.29, 1.82) is 0 Å². The van der Waals surface area contributed by atoms with Crippen LogP contribution in [0.2, 0.25) is 0 Å². The predicted molar refractivity (Wildman–Crippen MR) is 54.3 cm³/mol. The van der Waals surface area contributed by atoms with E-state index in [-0.39, 0.29) is 12.5 Å². The first kappa shape index (κ1) is 10.6. The third-order valence-electron chi connectivity index (χ3n) is 1.97. The van der Waals surface area contributed by atoms with Crippen LogP contribution >= 0.6 is 0 Å². The lowest BCUT2D eigenvalue weighted by Gasteiger charge is -2.20. The number of aromatic amines is 1. The maximum atomic E-state index is 10.4. The normalized spacial score (nSPS) is 12.4. The Morgan fingerprint density at radius 2 is 2.50 bits per heavy atom. The molecule has 0 saturated carbocycles. The molecule has 5 nitrogen and oxygen atoms in total. The minimum atomic E-state index is -0.861. The van der Waals surface area contributed by atoms with E-state index in [1.807, 2.05) is 30.4 Å². The first-order chi connectivity index (χ1) is 6.59. The van der Waals surface area contributed by atoms with Crippen molar-refractivity contribution in [3.8, 4) is 0 Å². The van der Waals surface area contributed by atoms with E-state index < -0.39 is 5.97 Å². The summed E-state index contributed by atoms with van der Waals surface area (Å²) >= 11 is 0. The zero-order valence-corrected chi connectivity index (χ0v) is 8.10. The van der Waals surface area contributed by atoms with E-state index in [1.54, 1.807) is 0 Å². The molecule has 1 rings (SSSR count). The predicted octanol–water partition coefficient (Wildman–Crippen LogP) is 0.253. The second-order valence-electron chi connectivity index (χ2n) is 3.31. The van der Waals surface area contributed by atoms with Crippen LogP contribution in [0.1, 0.15) is 6.42 Å². The third-order valence-corrected chi connectivity index (χ3v) is 1.97. The molecule has 0 fully saturated rings. The van der Waals surface area contributed by atoms with E-state index in [0.717, 1.165) is 5.69 Å². The summed E-state index contributed by atoms with van der Waals surface area (Å²) in [5.41, 5.74) is 6.65. The van der Waals surface area contributed by atoms with Crippen LogP contribution in [0.3, 0.4) is 0 Å². The first-order valence-corrected chi connectivity index (χ1v) is 4.41. The van der Waals surface area contributed by atoms with E-state index in [1.165, 1.54) is 0 Å². The van der Waals surface area contributed by atoms with Crippen molar-refractivity contribution in [2.75, 3.05) is 18.5 Å². The lowest BCUT2D eigenvalue weighted by atomic mass is 10.2. The van der Waals surface area contributed by atoms with Crippen molar-refractivity contribution < 1.29 is 9.90 Å². The molecular formula is C9H15N3O2. The van der Waals surface area contributed by atoms with Crippen LogP contribution in [-0.4, -0.2) is 35.7 Å². The van der Waals surface area contributed by atoms with Crippen molar-refractivity contribution in [3.05, 3.63) is 18.5 Å². The van der Waals surface area contributed by atoms with Crippen LogP contribution in [0.4, 0.5) is 5.69 Å². The van der Waals surface area contributed by atoms with Gasteiger partial charge >= 0.3 is 5.97 Å². The number of carboxylic acid groups (broad SMARTS) is 1. The SMILES string of the molecule is CN(CC(N)CC(=O)O)c1cc[nH]c1. The fourth-order valence-electron chi connectivity index (χ4n) is 1.30. The Kier molecular flexibility index (Phi) is 3.53. The van der Waals surface area contributed by atoms with Gasteiger partial charge in [0.25, 0.3) is 0 Å². The van der Waals surface area contributed by atoms with Gasteiger partial charge in [-0.3, -0.25) is 4.79 Å². The van der Waals surface area contributed by atoms with Crippen molar-refractivity contribution in [3.63, 3.8) is 0 Å². The van der Waals surface area contributed by atoms with Gasteiger partial charge < -0.3 is 20.7 Å². The lowest BCUT2D eigenvalue weighted by molar-refractivity contribution is -0.137. The monoisotopic (exact) mass is 197 g/mol. The van der Waals surface area contributed by atoms with Crippen molar-refractivity contribution in [2.24, 2.45) is 5.73 Å². The number of H-pyrrole nitrogens is 1. The molecule has 0 aliphatic heterocycles. The maximum Gasteiger partial charge on any atom is 0.304 e. The standard InChI is InChI=1S/C9H15N3O2/c1-12(8-2-3-11-5-8)6-7(10)4-9(13)14/h2-3,5,7,11H,4,6,10H2,1H3,(H,13,14). The van der Waals surface area contributed by atoms with E-state index in [9.17, 15) is 4.79 Å². The molecule has 1 aromatic rings. The molecule has 5 heteroatoms. The van der Waals surface area contributed by atoms with Gasteiger partial charge in [0.1, 0.15) is 0 Å². The Bertz CT molecular complexity index is 284. The van der Waals surface area contributed by atoms with Crippen LogP contribution in [-0.2, 0) is 4.79 Å². The molecule has 14 heavy (non-hydrogen) atoms. The molecular weight excluding hydrogens is 182 g/mol. The number of hydrogen-bond donors (Lipinski definition) is 3. The third kappa shape index (κ3) is 3.10. The van der Waals surface area contributed by atoms with Gasteiger partial charge in [-0.1, -0.05) is 0 Å². The van der Waals surface area contributed by atoms with Gasteiger partial charge in [-0.05, 0) is 6.07 Å². The summed E-state index contributed by atoms with van der Waals surface area (Å²) in [5, 5.41) is 8.52. The summed E-state index contributed by atoms with van der Waals surface area (Å²) in [5.74, 6) is -0.861. The van der Waals surface area contributed by atoms with Crippen molar-refractivity contribution >= 4 is 11.7 Å². The molecule has 1 heterocycles. The molecule has 0 bridgehead atoms. The number of nitrogens with zero attached hydrogens (tertiary/aromatic N) is 1. The Hall–Kier alpha value is -1.49. The number of carbonyl (C=O) groups is 1. The van der Waals surface area contributed by atoms with Crippen LogP contribution in [0, 0.1) is 0 Å². The van der Waals surface area contributed by atoms with Gasteiger partial charge in [0.05, 0.1) is 12.1 Å². The topological polar surface area (TPSA) is 82.3 Å². The summed E-state index contributed by atoms with van der Waals surface area (Å²) in [6, 6.07) is 1.57. The zero-order valence-electron chi connectivity index (χ0n) is 8.10. The van der Waals surface area contributed by atoms with Crippen LogP contribution in [0.15, 0.2) is 18.5 Å². The summed E-state index contributed by atoms with van der Waals surface area (Å²) in [6.07, 6.45) is 3.65. The number of nitrogens with two attached hydrogens (primary N) is 1. The number of nitrogens with one attached hydrogen (secondary N) is 1. The highest BCUT2D eigenvalue weighted by Crippen LogP contribution is 2.10. The molecule has 0 saturated heterocycles. The largest absolute Gasteiger partial charge is 0.481 e. The molecule has 0 spiro atoms. The molecule has 0 amide bonds. The Labute approximate surface area is 82.5 Å². The van der Waals surface area contributed by atoms with Crippen molar-refractivity contribution in [1.82, 2.24) is 4.98 Å². The summed E-state index contributed by atoms with van der Waals surface area (Å²) in [4.78, 5) is 15.2. The van der Waals surface area contributed by atoms with Crippen LogP contribution in [0.25, 0.3) is 0 Å². The summed E-state index contributed by atoms with van der Waals surface area (Å²) in [7, 11) is 1.88. The van der Waals surface area contributed by atoms with Gasteiger partial charge in [0, 0.05) is 32.0 Å². The Morgan fingerprint density at radius 3 is 3.00 bits per heavy atom. The van der Waals surface area contributed by atoms with Gasteiger partial charge in [0.2, 0.25) is 0 Å². The number of aliphatic carboxylic acids is 1. The molecule has 0 radical (unpaired) electrons. The highest BCUT2D eigenvalue weighted by atomic mass is 16.4. The maximum absolute atomic E-state index is 10.4. The number of carboxylic acids is 1. The van der Waals surface area contributed by atoms with Crippen LogP contribution in [0.5, 0.6) is 0 Å². The summed E-state index contributed by atoms with van der Waals surface area (Å²) in [6.45, 7) is 0.532. The molecule has 1 unspecified atom stereocenters. The highest BCUT2D eigenvalue weighted by molar-refractivity contribution is 5.67. The first-order valence-electron chi connectivity index (χ1n) is 4.41. The van der Waals surface area contributed by atoms with Gasteiger partial charge in [0.15, 0.2) is 0 Å². The second kappa shape index (κ2) is 4.66. The smallest absolute Gasteiger partial charge is 0.304 e. The lowest BCUT2D eigenvalue weighted by Crippen LogP contribution is -2.36. The molecule has 1 atom stereocenters. The average Bonchev–Trinajstić information content (AvgIpc) is 2.53. The quantitative estimate of drug-likeness (QED) is 0.632. The van der Waals surface area contributed by atoms with E-state index in [2.05, 4.69) is 4.98 Å². The van der Waals surface area contributed by atoms with Gasteiger partial charge in [-0.2, -0.15) is 0 Å². The fourth-order valence-corrected chi connectivity index (χ4v) is 1.30. The van der Waals surface area contributed by atoms with Gasteiger partial charge in [-0.25, -0.2) is 0 Å². The number of likely N-dealkylation sites (N-methyl/N-ethyl adjacent to an activating group) is 1. The zero-order chi connectivity index (χ0) is 10.6. The molecule has 0 aromatic carbocycles. The number of aromatic nitrogens is 1. The molecule has 4 N–H and O–H groups in total.